The molecular weight excluding hydrogens is 208 g/mol. The monoisotopic (exact) mass is 230 g/mol. The van der Waals surface area contributed by atoms with Gasteiger partial charge in [0.15, 0.2) is 0 Å². The number of rotatable bonds is 3. The van der Waals surface area contributed by atoms with Crippen LogP contribution < -0.4 is 5.32 Å². The molecule has 0 aromatic carbocycles. The van der Waals surface area contributed by atoms with Gasteiger partial charge in [-0.3, -0.25) is 4.98 Å². The van der Waals surface area contributed by atoms with Gasteiger partial charge in [-0.25, -0.2) is 0 Å². The molecular formula is C15H22N2. The van der Waals surface area contributed by atoms with E-state index in [0.29, 0.717) is 0 Å². The minimum Gasteiger partial charge on any atom is -0.314 e. The number of nitrogens with zero attached hydrogens (tertiary/aromatic N) is 1. The molecule has 2 aliphatic carbocycles. The van der Waals surface area contributed by atoms with E-state index in [1.807, 2.05) is 6.20 Å². The largest absolute Gasteiger partial charge is 0.314 e. The summed E-state index contributed by atoms with van der Waals surface area (Å²) in [6, 6.07) is 5.08. The van der Waals surface area contributed by atoms with Crippen LogP contribution in [0.3, 0.4) is 0 Å². The topological polar surface area (TPSA) is 24.9 Å². The van der Waals surface area contributed by atoms with Gasteiger partial charge in [0.2, 0.25) is 0 Å². The molecule has 0 aliphatic heterocycles. The van der Waals surface area contributed by atoms with Gasteiger partial charge in [-0.05, 0) is 49.8 Å². The van der Waals surface area contributed by atoms with E-state index in [2.05, 4.69) is 29.4 Å². The SMILES string of the molecule is CCNC1CCCC1C1CCc2cccnc21. The summed E-state index contributed by atoms with van der Waals surface area (Å²) in [5.74, 6) is 1.55. The number of aromatic nitrogens is 1. The van der Waals surface area contributed by atoms with Gasteiger partial charge in [-0.15, -0.1) is 0 Å². The van der Waals surface area contributed by atoms with E-state index in [1.54, 1.807) is 0 Å². The fourth-order valence-electron chi connectivity index (χ4n) is 3.85. The Morgan fingerprint density at radius 2 is 2.29 bits per heavy atom. The van der Waals surface area contributed by atoms with E-state index in [1.165, 1.54) is 43.4 Å². The average molecular weight is 230 g/mol. The molecule has 0 saturated heterocycles. The van der Waals surface area contributed by atoms with Crippen LogP contribution in [0, 0.1) is 5.92 Å². The van der Waals surface area contributed by atoms with Crippen molar-refractivity contribution in [3.8, 4) is 0 Å². The van der Waals surface area contributed by atoms with Crippen molar-refractivity contribution in [2.24, 2.45) is 5.92 Å². The lowest BCUT2D eigenvalue weighted by Crippen LogP contribution is -2.34. The van der Waals surface area contributed by atoms with Crippen LogP contribution in [0.4, 0.5) is 0 Å². The highest BCUT2D eigenvalue weighted by Gasteiger charge is 2.37. The van der Waals surface area contributed by atoms with Crippen molar-refractivity contribution in [1.82, 2.24) is 10.3 Å². The molecule has 2 nitrogen and oxygen atoms in total. The van der Waals surface area contributed by atoms with Gasteiger partial charge in [0.1, 0.15) is 0 Å². The number of fused-ring (bicyclic) bond motifs is 1. The predicted octanol–water partition coefficient (Wildman–Crippen LogP) is 2.89. The zero-order valence-electron chi connectivity index (χ0n) is 10.7. The summed E-state index contributed by atoms with van der Waals surface area (Å²) < 4.78 is 0. The first-order valence-corrected chi connectivity index (χ1v) is 7.07. The maximum atomic E-state index is 4.65. The summed E-state index contributed by atoms with van der Waals surface area (Å²) >= 11 is 0. The first-order valence-electron chi connectivity index (χ1n) is 7.07. The molecule has 3 atom stereocenters. The molecule has 2 aliphatic rings. The second-order valence-electron chi connectivity index (χ2n) is 5.45. The van der Waals surface area contributed by atoms with E-state index >= 15 is 0 Å². The second kappa shape index (κ2) is 4.77. The molecule has 3 unspecified atom stereocenters. The first kappa shape index (κ1) is 11.2. The molecule has 1 N–H and O–H groups in total. The molecule has 0 spiro atoms. The molecule has 92 valence electrons. The zero-order valence-corrected chi connectivity index (χ0v) is 10.7. The fourth-order valence-corrected chi connectivity index (χ4v) is 3.85. The van der Waals surface area contributed by atoms with Crippen LogP contribution in [0.15, 0.2) is 18.3 Å². The van der Waals surface area contributed by atoms with Crippen LogP contribution in [0.5, 0.6) is 0 Å². The minimum absolute atomic E-state index is 0.720. The van der Waals surface area contributed by atoms with Gasteiger partial charge in [-0.2, -0.15) is 0 Å². The number of pyridine rings is 1. The van der Waals surface area contributed by atoms with Crippen molar-refractivity contribution in [2.45, 2.75) is 51.0 Å². The Balaban J connectivity index is 1.81. The third kappa shape index (κ3) is 1.99. The third-order valence-corrected chi connectivity index (χ3v) is 4.55. The standard InChI is InChI=1S/C15H22N2/c1-2-16-14-7-3-6-12(14)13-9-8-11-5-4-10-17-15(11)13/h4-5,10,12-14,16H,2-3,6-9H2,1H3. The van der Waals surface area contributed by atoms with Crippen LogP contribution in [0.1, 0.15) is 49.8 Å². The molecule has 0 radical (unpaired) electrons. The third-order valence-electron chi connectivity index (χ3n) is 4.55. The smallest absolute Gasteiger partial charge is 0.0469 e. The molecule has 1 saturated carbocycles. The van der Waals surface area contributed by atoms with Crippen LogP contribution >= 0.6 is 0 Å². The Labute approximate surface area is 104 Å². The molecule has 1 heterocycles. The summed E-state index contributed by atoms with van der Waals surface area (Å²) in [5.41, 5.74) is 2.90. The highest BCUT2D eigenvalue weighted by Crippen LogP contribution is 2.44. The van der Waals surface area contributed by atoms with Gasteiger partial charge < -0.3 is 5.32 Å². The molecule has 1 aromatic heterocycles. The molecule has 0 amide bonds. The van der Waals surface area contributed by atoms with Gasteiger partial charge in [-0.1, -0.05) is 19.4 Å². The Bertz CT molecular complexity index is 388. The van der Waals surface area contributed by atoms with Crippen LogP contribution in [-0.2, 0) is 6.42 Å². The van der Waals surface area contributed by atoms with Crippen LogP contribution in [0.25, 0.3) is 0 Å². The summed E-state index contributed by atoms with van der Waals surface area (Å²) in [6.45, 7) is 3.32. The first-order chi connectivity index (χ1) is 8.40. The van der Waals surface area contributed by atoms with Gasteiger partial charge in [0.05, 0.1) is 0 Å². The predicted molar refractivity (Wildman–Crippen MR) is 70.1 cm³/mol. The fraction of sp³-hybridized carbons (Fsp3) is 0.667. The molecule has 0 bridgehead atoms. The number of hydrogen-bond donors (Lipinski definition) is 1. The maximum Gasteiger partial charge on any atom is 0.0469 e. The Kier molecular flexibility index (Phi) is 3.15. The molecule has 1 fully saturated rings. The molecule has 17 heavy (non-hydrogen) atoms. The van der Waals surface area contributed by atoms with E-state index in [9.17, 15) is 0 Å². The zero-order chi connectivity index (χ0) is 11.7. The highest BCUT2D eigenvalue weighted by molar-refractivity contribution is 5.29. The van der Waals surface area contributed by atoms with E-state index in [4.69, 9.17) is 0 Å². The lowest BCUT2D eigenvalue weighted by Gasteiger charge is -2.26. The summed E-state index contributed by atoms with van der Waals surface area (Å²) in [4.78, 5) is 4.65. The number of nitrogens with one attached hydrogen (secondary N) is 1. The van der Waals surface area contributed by atoms with Crippen molar-refractivity contribution in [1.29, 1.82) is 0 Å². The number of hydrogen-bond acceptors (Lipinski definition) is 2. The molecule has 1 aromatic rings. The lowest BCUT2D eigenvalue weighted by atomic mass is 9.86. The summed E-state index contributed by atoms with van der Waals surface area (Å²) in [7, 11) is 0. The van der Waals surface area contributed by atoms with Crippen LogP contribution in [0.2, 0.25) is 0 Å². The Hall–Kier alpha value is -0.890. The van der Waals surface area contributed by atoms with Crippen LogP contribution in [-0.4, -0.2) is 17.6 Å². The quantitative estimate of drug-likeness (QED) is 0.863. The number of aryl methyl sites for hydroxylation is 1. The summed E-state index contributed by atoms with van der Waals surface area (Å²) in [5, 5.41) is 3.67. The van der Waals surface area contributed by atoms with Crippen molar-refractivity contribution >= 4 is 0 Å². The van der Waals surface area contributed by atoms with E-state index < -0.39 is 0 Å². The van der Waals surface area contributed by atoms with Crippen molar-refractivity contribution < 1.29 is 0 Å². The second-order valence-corrected chi connectivity index (χ2v) is 5.45. The van der Waals surface area contributed by atoms with Crippen molar-refractivity contribution in [3.63, 3.8) is 0 Å². The van der Waals surface area contributed by atoms with E-state index in [-0.39, 0.29) is 0 Å². The van der Waals surface area contributed by atoms with E-state index in [0.717, 1.165) is 24.4 Å². The normalized spacial score (nSPS) is 31.7. The minimum atomic E-state index is 0.720. The van der Waals surface area contributed by atoms with Gasteiger partial charge in [0, 0.05) is 23.9 Å². The molecule has 3 rings (SSSR count). The Morgan fingerprint density at radius 1 is 1.35 bits per heavy atom. The van der Waals surface area contributed by atoms with Crippen molar-refractivity contribution in [2.75, 3.05) is 6.54 Å². The lowest BCUT2D eigenvalue weighted by molar-refractivity contribution is 0.340. The average Bonchev–Trinajstić information content (AvgIpc) is 2.95. The Morgan fingerprint density at radius 3 is 3.18 bits per heavy atom. The highest BCUT2D eigenvalue weighted by atomic mass is 14.9. The summed E-state index contributed by atoms with van der Waals surface area (Å²) in [6.07, 6.45) is 8.66. The maximum absolute atomic E-state index is 4.65. The van der Waals surface area contributed by atoms with Crippen molar-refractivity contribution in [3.05, 3.63) is 29.6 Å². The molecule has 2 heteroatoms. The van der Waals surface area contributed by atoms with Gasteiger partial charge in [0.25, 0.3) is 0 Å². The van der Waals surface area contributed by atoms with Gasteiger partial charge >= 0.3 is 0 Å².